The third-order valence-electron chi connectivity index (χ3n) is 5.12. The highest BCUT2D eigenvalue weighted by Crippen LogP contribution is 2.41. The van der Waals surface area contributed by atoms with Crippen molar-refractivity contribution in [1.29, 1.82) is 0 Å². The zero-order valence-corrected chi connectivity index (χ0v) is 15.1. The first-order valence-electron chi connectivity index (χ1n) is 8.87. The van der Waals surface area contributed by atoms with Crippen molar-refractivity contribution in [3.63, 3.8) is 0 Å². The fourth-order valence-electron chi connectivity index (χ4n) is 3.61. The van der Waals surface area contributed by atoms with Gasteiger partial charge in [0.05, 0.1) is 11.2 Å². The first-order valence-corrected chi connectivity index (χ1v) is 9.68. The Balaban J connectivity index is 2.27. The molecule has 1 heterocycles. The SMILES string of the molecule is CCCNC1(c2nc(CC)c(C)s2)CCCC(CC)CC1. The van der Waals surface area contributed by atoms with Gasteiger partial charge in [-0.05, 0) is 51.5 Å². The van der Waals surface area contributed by atoms with Crippen molar-refractivity contribution in [2.75, 3.05) is 6.54 Å². The number of hydrogen-bond donors (Lipinski definition) is 1. The van der Waals surface area contributed by atoms with Crippen molar-refractivity contribution in [1.82, 2.24) is 10.3 Å². The Labute approximate surface area is 134 Å². The number of aryl methyl sites for hydroxylation is 2. The van der Waals surface area contributed by atoms with Gasteiger partial charge in [0.25, 0.3) is 0 Å². The van der Waals surface area contributed by atoms with Crippen molar-refractivity contribution in [2.24, 2.45) is 5.92 Å². The van der Waals surface area contributed by atoms with Crippen LogP contribution in [0.15, 0.2) is 0 Å². The number of nitrogens with one attached hydrogen (secondary N) is 1. The predicted octanol–water partition coefficient (Wildman–Crippen LogP) is 5.20. The largest absolute Gasteiger partial charge is 0.305 e. The molecule has 120 valence electrons. The van der Waals surface area contributed by atoms with Crippen molar-refractivity contribution < 1.29 is 0 Å². The average Bonchev–Trinajstić information content (AvgIpc) is 2.76. The number of aromatic nitrogens is 1. The van der Waals surface area contributed by atoms with Crippen LogP contribution in [0.1, 0.15) is 81.3 Å². The van der Waals surface area contributed by atoms with Crippen LogP contribution in [0.5, 0.6) is 0 Å². The summed E-state index contributed by atoms with van der Waals surface area (Å²) in [5.74, 6) is 0.919. The van der Waals surface area contributed by atoms with E-state index in [1.807, 2.05) is 11.3 Å². The van der Waals surface area contributed by atoms with Gasteiger partial charge < -0.3 is 5.32 Å². The van der Waals surface area contributed by atoms with Crippen LogP contribution in [0.2, 0.25) is 0 Å². The summed E-state index contributed by atoms with van der Waals surface area (Å²) in [6.45, 7) is 10.2. The van der Waals surface area contributed by atoms with Crippen LogP contribution < -0.4 is 5.32 Å². The monoisotopic (exact) mass is 308 g/mol. The van der Waals surface area contributed by atoms with E-state index in [0.29, 0.717) is 0 Å². The Morgan fingerprint density at radius 1 is 1.24 bits per heavy atom. The number of thiazole rings is 1. The van der Waals surface area contributed by atoms with Crippen LogP contribution in [-0.4, -0.2) is 11.5 Å². The maximum Gasteiger partial charge on any atom is 0.113 e. The highest BCUT2D eigenvalue weighted by molar-refractivity contribution is 7.11. The molecular formula is C18H32N2S. The molecule has 1 aromatic heterocycles. The maximum atomic E-state index is 5.03. The Morgan fingerprint density at radius 3 is 2.67 bits per heavy atom. The van der Waals surface area contributed by atoms with Crippen molar-refractivity contribution >= 4 is 11.3 Å². The zero-order valence-electron chi connectivity index (χ0n) is 14.3. The molecule has 2 atom stereocenters. The second-order valence-electron chi connectivity index (χ2n) is 6.59. The zero-order chi connectivity index (χ0) is 15.3. The summed E-state index contributed by atoms with van der Waals surface area (Å²) in [5, 5.41) is 5.26. The van der Waals surface area contributed by atoms with Crippen LogP contribution >= 0.6 is 11.3 Å². The Morgan fingerprint density at radius 2 is 2.05 bits per heavy atom. The molecular weight excluding hydrogens is 276 g/mol. The normalized spacial score (nSPS) is 26.8. The highest BCUT2D eigenvalue weighted by Gasteiger charge is 2.36. The molecule has 0 saturated heterocycles. The van der Waals surface area contributed by atoms with E-state index in [4.69, 9.17) is 4.98 Å². The van der Waals surface area contributed by atoms with E-state index in [1.165, 1.54) is 60.5 Å². The highest BCUT2D eigenvalue weighted by atomic mass is 32.1. The molecule has 1 aliphatic rings. The molecule has 0 aliphatic heterocycles. The van der Waals surface area contributed by atoms with Crippen molar-refractivity contribution in [3.8, 4) is 0 Å². The summed E-state index contributed by atoms with van der Waals surface area (Å²) >= 11 is 1.94. The van der Waals surface area contributed by atoms with Crippen LogP contribution in [0.4, 0.5) is 0 Å². The van der Waals surface area contributed by atoms with E-state index in [1.54, 1.807) is 0 Å². The minimum atomic E-state index is 0.156. The van der Waals surface area contributed by atoms with E-state index in [-0.39, 0.29) is 5.54 Å². The molecule has 21 heavy (non-hydrogen) atoms. The minimum Gasteiger partial charge on any atom is -0.305 e. The second-order valence-corrected chi connectivity index (χ2v) is 7.79. The van der Waals surface area contributed by atoms with E-state index in [0.717, 1.165) is 18.9 Å². The first kappa shape index (κ1) is 17.0. The van der Waals surface area contributed by atoms with Gasteiger partial charge in [0.1, 0.15) is 5.01 Å². The summed E-state index contributed by atoms with van der Waals surface area (Å²) in [7, 11) is 0. The molecule has 3 heteroatoms. The molecule has 0 amide bonds. The summed E-state index contributed by atoms with van der Waals surface area (Å²) < 4.78 is 0. The molecule has 0 aromatic carbocycles. The van der Waals surface area contributed by atoms with Crippen LogP contribution in [0, 0.1) is 12.8 Å². The van der Waals surface area contributed by atoms with Gasteiger partial charge in [-0.3, -0.25) is 0 Å². The quantitative estimate of drug-likeness (QED) is 0.731. The van der Waals surface area contributed by atoms with E-state index in [2.05, 4.69) is 33.0 Å². The summed E-state index contributed by atoms with van der Waals surface area (Å²) in [6.07, 6.45) is 10.2. The molecule has 0 radical (unpaired) electrons. The van der Waals surface area contributed by atoms with E-state index in [9.17, 15) is 0 Å². The van der Waals surface area contributed by atoms with Crippen LogP contribution in [0.25, 0.3) is 0 Å². The maximum absolute atomic E-state index is 5.03. The summed E-state index contributed by atoms with van der Waals surface area (Å²) in [6, 6.07) is 0. The molecule has 1 N–H and O–H groups in total. The minimum absolute atomic E-state index is 0.156. The van der Waals surface area contributed by atoms with Gasteiger partial charge in [-0.25, -0.2) is 4.98 Å². The van der Waals surface area contributed by atoms with Gasteiger partial charge in [0.2, 0.25) is 0 Å². The third-order valence-corrected chi connectivity index (χ3v) is 6.34. The molecule has 1 aliphatic carbocycles. The van der Waals surface area contributed by atoms with Gasteiger partial charge in [0, 0.05) is 4.88 Å². The fourth-order valence-corrected chi connectivity index (χ4v) is 4.84. The summed E-state index contributed by atoms with van der Waals surface area (Å²) in [5.41, 5.74) is 1.46. The Bertz CT molecular complexity index is 440. The van der Waals surface area contributed by atoms with E-state index < -0.39 is 0 Å². The molecule has 0 spiro atoms. The average molecular weight is 309 g/mol. The van der Waals surface area contributed by atoms with Gasteiger partial charge in [0.15, 0.2) is 0 Å². The molecule has 0 bridgehead atoms. The van der Waals surface area contributed by atoms with Crippen molar-refractivity contribution in [3.05, 3.63) is 15.6 Å². The lowest BCUT2D eigenvalue weighted by Crippen LogP contribution is -2.42. The standard InChI is InChI=1S/C18H32N2S/c1-5-13-19-18(11-8-9-15(6-2)10-12-18)17-20-16(7-3)14(4)21-17/h15,19H,5-13H2,1-4H3. The lowest BCUT2D eigenvalue weighted by molar-refractivity contribution is 0.284. The van der Waals surface area contributed by atoms with Gasteiger partial charge in [-0.2, -0.15) is 0 Å². The lowest BCUT2D eigenvalue weighted by Gasteiger charge is -2.32. The Hall–Kier alpha value is -0.410. The fraction of sp³-hybridized carbons (Fsp3) is 0.833. The first-order chi connectivity index (χ1) is 10.1. The number of hydrogen-bond acceptors (Lipinski definition) is 3. The smallest absolute Gasteiger partial charge is 0.113 e. The molecule has 1 saturated carbocycles. The molecule has 2 nitrogen and oxygen atoms in total. The second kappa shape index (κ2) is 7.73. The number of nitrogens with zero attached hydrogens (tertiary/aromatic N) is 1. The molecule has 2 rings (SSSR count). The Kier molecular flexibility index (Phi) is 6.24. The van der Waals surface area contributed by atoms with Gasteiger partial charge in [-0.15, -0.1) is 11.3 Å². The van der Waals surface area contributed by atoms with Crippen LogP contribution in [-0.2, 0) is 12.0 Å². The molecule has 1 fully saturated rings. The van der Waals surface area contributed by atoms with E-state index >= 15 is 0 Å². The van der Waals surface area contributed by atoms with Gasteiger partial charge in [-0.1, -0.05) is 40.0 Å². The van der Waals surface area contributed by atoms with Crippen LogP contribution in [0.3, 0.4) is 0 Å². The number of rotatable bonds is 6. The molecule has 2 unspecified atom stereocenters. The lowest BCUT2D eigenvalue weighted by atomic mass is 9.89. The summed E-state index contributed by atoms with van der Waals surface area (Å²) in [4.78, 5) is 6.44. The van der Waals surface area contributed by atoms with Gasteiger partial charge >= 0.3 is 0 Å². The predicted molar refractivity (Wildman–Crippen MR) is 93.1 cm³/mol. The molecule has 1 aromatic rings. The van der Waals surface area contributed by atoms with Crippen molar-refractivity contribution in [2.45, 2.75) is 84.6 Å². The third kappa shape index (κ3) is 3.87. The topological polar surface area (TPSA) is 24.9 Å².